The number of rotatable bonds is 12. The van der Waals surface area contributed by atoms with E-state index in [0.29, 0.717) is 0 Å². The highest BCUT2D eigenvalue weighted by molar-refractivity contribution is 5.64. The largest absolute Gasteiger partial charge is 0.494 e. The first-order valence-electron chi connectivity index (χ1n) is 12.0. The van der Waals surface area contributed by atoms with Crippen LogP contribution in [0.4, 0.5) is 0 Å². The number of pyridine rings is 1. The minimum Gasteiger partial charge on any atom is -0.494 e. The summed E-state index contributed by atoms with van der Waals surface area (Å²) in [4.78, 5) is 4.70. The Morgan fingerprint density at radius 3 is 2.03 bits per heavy atom. The number of ether oxygens (including phenoxy) is 1. The average Bonchev–Trinajstić information content (AvgIpc) is 2.82. The van der Waals surface area contributed by atoms with Gasteiger partial charge in [0.2, 0.25) is 0 Å². The third-order valence-corrected chi connectivity index (χ3v) is 5.94. The van der Waals surface area contributed by atoms with Gasteiger partial charge in [0.25, 0.3) is 0 Å². The molecule has 0 saturated carbocycles. The smallest absolute Gasteiger partial charge is 0.119 e. The zero-order chi connectivity index (χ0) is 21.9. The van der Waals surface area contributed by atoms with Crippen molar-refractivity contribution < 1.29 is 4.74 Å². The van der Waals surface area contributed by atoms with E-state index in [9.17, 15) is 0 Å². The topological polar surface area (TPSA) is 22.1 Å². The first-order valence-corrected chi connectivity index (χ1v) is 12.0. The van der Waals surface area contributed by atoms with Gasteiger partial charge in [0.1, 0.15) is 5.75 Å². The highest BCUT2D eigenvalue weighted by atomic mass is 16.5. The first kappa shape index (κ1) is 23.1. The number of aromatic nitrogens is 1. The molecule has 1 aromatic heterocycles. The van der Waals surface area contributed by atoms with E-state index < -0.39 is 0 Å². The maximum atomic E-state index is 5.89. The Morgan fingerprint density at radius 1 is 0.742 bits per heavy atom. The van der Waals surface area contributed by atoms with E-state index in [2.05, 4.69) is 81.4 Å². The van der Waals surface area contributed by atoms with Crippen LogP contribution in [-0.4, -0.2) is 11.6 Å². The Kier molecular flexibility index (Phi) is 9.15. The van der Waals surface area contributed by atoms with Gasteiger partial charge in [-0.25, -0.2) is 0 Å². The summed E-state index contributed by atoms with van der Waals surface area (Å²) < 4.78 is 5.89. The van der Waals surface area contributed by atoms with Crippen molar-refractivity contribution in [3.63, 3.8) is 0 Å². The van der Waals surface area contributed by atoms with Crippen LogP contribution < -0.4 is 4.74 Å². The van der Waals surface area contributed by atoms with E-state index >= 15 is 0 Å². The molecule has 0 spiro atoms. The fourth-order valence-corrected chi connectivity index (χ4v) is 3.90. The average molecular weight is 416 g/mol. The Balaban J connectivity index is 1.55. The normalized spacial score (nSPS) is 12.0. The van der Waals surface area contributed by atoms with Crippen LogP contribution in [0.25, 0.3) is 11.1 Å². The summed E-state index contributed by atoms with van der Waals surface area (Å²) in [5.74, 6) is 1.25. The van der Waals surface area contributed by atoms with Crippen molar-refractivity contribution in [3.05, 3.63) is 83.7 Å². The van der Waals surface area contributed by atoms with Gasteiger partial charge in [-0.3, -0.25) is 4.98 Å². The van der Waals surface area contributed by atoms with Gasteiger partial charge in [-0.1, -0.05) is 95.3 Å². The third-order valence-electron chi connectivity index (χ3n) is 5.94. The van der Waals surface area contributed by atoms with Crippen LogP contribution in [0.2, 0.25) is 0 Å². The summed E-state index contributed by atoms with van der Waals surface area (Å²) in [6.07, 6.45) is 10.6. The number of benzene rings is 2. The van der Waals surface area contributed by atoms with E-state index in [1.54, 1.807) is 0 Å². The second-order valence-electron chi connectivity index (χ2n) is 8.47. The Bertz CT molecular complexity index is 882. The standard InChI is InChI=1S/C29H37NO/c1-4-6-7-8-9-21-31-28-18-16-27(17-19-28)26-14-12-25(13-15-26)23(3)29-20-11-24(10-5-2)22-30-29/h11-20,22-23H,4-10,21H2,1-3H3. The molecular formula is C29H37NO. The molecule has 1 unspecified atom stereocenters. The molecular weight excluding hydrogens is 378 g/mol. The molecule has 2 heteroatoms. The van der Waals surface area contributed by atoms with E-state index in [1.807, 2.05) is 6.20 Å². The Morgan fingerprint density at radius 2 is 1.42 bits per heavy atom. The quantitative estimate of drug-likeness (QED) is 0.278. The van der Waals surface area contributed by atoms with Gasteiger partial charge in [-0.15, -0.1) is 0 Å². The minimum atomic E-state index is 0.290. The van der Waals surface area contributed by atoms with Crippen LogP contribution in [0.3, 0.4) is 0 Å². The minimum absolute atomic E-state index is 0.290. The van der Waals surface area contributed by atoms with E-state index in [-0.39, 0.29) is 5.92 Å². The lowest BCUT2D eigenvalue weighted by molar-refractivity contribution is 0.304. The van der Waals surface area contributed by atoms with Gasteiger partial charge in [-0.05, 0) is 53.3 Å². The second kappa shape index (κ2) is 12.3. The monoisotopic (exact) mass is 415 g/mol. The van der Waals surface area contributed by atoms with Crippen molar-refractivity contribution in [2.75, 3.05) is 6.61 Å². The van der Waals surface area contributed by atoms with Gasteiger partial charge >= 0.3 is 0 Å². The van der Waals surface area contributed by atoms with Gasteiger partial charge in [0.05, 0.1) is 6.61 Å². The summed E-state index contributed by atoms with van der Waals surface area (Å²) in [6, 6.07) is 21.7. The first-order chi connectivity index (χ1) is 15.2. The molecule has 164 valence electrons. The molecule has 1 atom stereocenters. The summed E-state index contributed by atoms with van der Waals surface area (Å²) in [7, 11) is 0. The molecule has 0 aliphatic rings. The predicted molar refractivity (Wildman–Crippen MR) is 132 cm³/mol. The zero-order valence-electron chi connectivity index (χ0n) is 19.4. The molecule has 0 amide bonds. The molecule has 3 aromatic rings. The van der Waals surface area contributed by atoms with Crippen molar-refractivity contribution in [2.45, 2.75) is 71.6 Å². The zero-order valence-corrected chi connectivity index (χ0v) is 19.4. The lowest BCUT2D eigenvalue weighted by atomic mass is 9.94. The molecule has 31 heavy (non-hydrogen) atoms. The van der Waals surface area contributed by atoms with Crippen molar-refractivity contribution in [2.24, 2.45) is 0 Å². The molecule has 0 fully saturated rings. The number of hydrogen-bond donors (Lipinski definition) is 0. The van der Waals surface area contributed by atoms with Crippen LogP contribution in [0.1, 0.15) is 82.0 Å². The molecule has 0 bridgehead atoms. The maximum absolute atomic E-state index is 5.89. The van der Waals surface area contributed by atoms with E-state index in [1.165, 1.54) is 47.9 Å². The Labute approximate surface area is 188 Å². The van der Waals surface area contributed by atoms with Crippen LogP contribution in [-0.2, 0) is 6.42 Å². The van der Waals surface area contributed by atoms with E-state index in [4.69, 9.17) is 9.72 Å². The number of unbranched alkanes of at least 4 members (excludes halogenated alkanes) is 4. The van der Waals surface area contributed by atoms with E-state index in [0.717, 1.165) is 37.3 Å². The molecule has 1 heterocycles. The molecule has 2 nitrogen and oxygen atoms in total. The molecule has 0 aliphatic heterocycles. The molecule has 2 aromatic carbocycles. The summed E-state index contributed by atoms with van der Waals surface area (Å²) in [5, 5.41) is 0. The number of hydrogen-bond acceptors (Lipinski definition) is 2. The highest BCUT2D eigenvalue weighted by Crippen LogP contribution is 2.27. The number of aryl methyl sites for hydroxylation is 1. The van der Waals surface area contributed by atoms with Crippen LogP contribution >= 0.6 is 0 Å². The summed E-state index contributed by atoms with van der Waals surface area (Å²) in [5.41, 5.74) is 6.19. The van der Waals surface area contributed by atoms with Gasteiger partial charge in [-0.2, -0.15) is 0 Å². The van der Waals surface area contributed by atoms with Gasteiger partial charge in [0, 0.05) is 17.8 Å². The van der Waals surface area contributed by atoms with Crippen LogP contribution in [0.5, 0.6) is 5.75 Å². The van der Waals surface area contributed by atoms with Gasteiger partial charge in [0.15, 0.2) is 0 Å². The fourth-order valence-electron chi connectivity index (χ4n) is 3.90. The predicted octanol–water partition coefficient (Wildman–Crippen LogP) is 8.20. The highest BCUT2D eigenvalue weighted by Gasteiger charge is 2.10. The van der Waals surface area contributed by atoms with Crippen LogP contribution in [0, 0.1) is 0 Å². The van der Waals surface area contributed by atoms with Crippen molar-refractivity contribution >= 4 is 0 Å². The van der Waals surface area contributed by atoms with Crippen molar-refractivity contribution in [3.8, 4) is 16.9 Å². The number of nitrogens with zero attached hydrogens (tertiary/aromatic N) is 1. The molecule has 0 saturated heterocycles. The lowest BCUT2D eigenvalue weighted by Crippen LogP contribution is -2.00. The summed E-state index contributed by atoms with van der Waals surface area (Å²) >= 11 is 0. The maximum Gasteiger partial charge on any atom is 0.119 e. The third kappa shape index (κ3) is 6.95. The molecule has 0 N–H and O–H groups in total. The van der Waals surface area contributed by atoms with Crippen molar-refractivity contribution in [1.82, 2.24) is 4.98 Å². The SMILES string of the molecule is CCCCCCCOc1ccc(-c2ccc(C(C)c3ccc(CCC)cn3)cc2)cc1. The van der Waals surface area contributed by atoms with Crippen molar-refractivity contribution in [1.29, 1.82) is 0 Å². The fraction of sp³-hybridized carbons (Fsp3) is 0.414. The molecule has 0 aliphatic carbocycles. The van der Waals surface area contributed by atoms with Crippen LogP contribution in [0.15, 0.2) is 66.9 Å². The molecule has 0 radical (unpaired) electrons. The molecule has 3 rings (SSSR count). The lowest BCUT2D eigenvalue weighted by Gasteiger charge is -2.13. The van der Waals surface area contributed by atoms with Gasteiger partial charge < -0.3 is 4.74 Å². The summed E-state index contributed by atoms with van der Waals surface area (Å²) in [6.45, 7) is 7.48. The second-order valence-corrected chi connectivity index (χ2v) is 8.47. The Hall–Kier alpha value is -2.61.